The smallest absolute Gasteiger partial charge is 0.265 e. The van der Waals surface area contributed by atoms with Crippen molar-refractivity contribution in [3.05, 3.63) is 11.1 Å². The summed E-state index contributed by atoms with van der Waals surface area (Å²) < 4.78 is 3.87. The van der Waals surface area contributed by atoms with Gasteiger partial charge in [0.1, 0.15) is 4.88 Å². The van der Waals surface area contributed by atoms with E-state index in [1.165, 1.54) is 19.0 Å². The maximum Gasteiger partial charge on any atom is 0.265 e. The molecule has 0 spiro atoms. The highest BCUT2D eigenvalue weighted by Crippen LogP contribution is 2.20. The molecule has 0 saturated heterocycles. The van der Waals surface area contributed by atoms with Crippen LogP contribution in [0.25, 0.3) is 0 Å². The molecule has 3 N–H and O–H groups in total. The van der Waals surface area contributed by atoms with E-state index in [-0.39, 0.29) is 5.91 Å². The average molecular weight is 211 g/mol. The van der Waals surface area contributed by atoms with E-state index in [9.17, 15) is 4.79 Å². The van der Waals surface area contributed by atoms with Crippen molar-refractivity contribution in [3.8, 4) is 0 Å². The third kappa shape index (κ3) is 1.87. The van der Waals surface area contributed by atoms with Crippen LogP contribution in [-0.2, 0) is 0 Å². The lowest BCUT2D eigenvalue weighted by Crippen LogP contribution is -2.32. The SMILES string of the molecule is Nc1cnsc1C(=O)NC1CCCC1. The van der Waals surface area contributed by atoms with Crippen LogP contribution in [-0.4, -0.2) is 16.3 Å². The molecule has 1 aliphatic rings. The number of nitrogens with zero attached hydrogens (tertiary/aromatic N) is 1. The summed E-state index contributed by atoms with van der Waals surface area (Å²) in [5.41, 5.74) is 6.08. The number of carbonyl (C=O) groups is 1. The van der Waals surface area contributed by atoms with Gasteiger partial charge in [-0.1, -0.05) is 12.8 Å². The third-order valence-corrected chi connectivity index (χ3v) is 3.31. The maximum atomic E-state index is 11.7. The summed E-state index contributed by atoms with van der Waals surface area (Å²) in [5, 5.41) is 2.97. The minimum absolute atomic E-state index is 0.0723. The Labute approximate surface area is 86.7 Å². The first-order chi connectivity index (χ1) is 6.77. The first kappa shape index (κ1) is 9.45. The normalized spacial score (nSPS) is 17.1. The summed E-state index contributed by atoms with van der Waals surface area (Å²) in [6.45, 7) is 0. The molecule has 0 bridgehead atoms. The molecule has 1 heterocycles. The minimum atomic E-state index is -0.0723. The van der Waals surface area contributed by atoms with Crippen molar-refractivity contribution in [2.75, 3.05) is 5.73 Å². The van der Waals surface area contributed by atoms with Crippen molar-refractivity contribution in [1.82, 2.24) is 9.69 Å². The number of nitrogens with two attached hydrogens (primary N) is 1. The molecule has 4 nitrogen and oxygen atoms in total. The van der Waals surface area contributed by atoms with Crippen molar-refractivity contribution in [2.24, 2.45) is 0 Å². The molecule has 1 aromatic heterocycles. The van der Waals surface area contributed by atoms with E-state index < -0.39 is 0 Å². The summed E-state index contributed by atoms with van der Waals surface area (Å²) in [4.78, 5) is 12.2. The fourth-order valence-corrected chi connectivity index (χ4v) is 2.31. The van der Waals surface area contributed by atoms with Gasteiger partial charge in [-0.15, -0.1) is 0 Å². The number of amides is 1. The molecule has 0 aliphatic heterocycles. The van der Waals surface area contributed by atoms with Crippen molar-refractivity contribution in [2.45, 2.75) is 31.7 Å². The molecule has 0 atom stereocenters. The van der Waals surface area contributed by atoms with Crippen LogP contribution in [0.4, 0.5) is 5.69 Å². The quantitative estimate of drug-likeness (QED) is 0.777. The van der Waals surface area contributed by atoms with Crippen LogP contribution in [0.1, 0.15) is 35.4 Å². The third-order valence-electron chi connectivity index (χ3n) is 2.49. The predicted octanol–water partition coefficient (Wildman–Crippen LogP) is 1.40. The van der Waals surface area contributed by atoms with Gasteiger partial charge in [0.25, 0.3) is 5.91 Å². The fourth-order valence-electron chi connectivity index (χ4n) is 1.74. The molecule has 0 unspecified atom stereocenters. The standard InChI is InChI=1S/C9H13N3OS/c10-7-5-11-14-8(7)9(13)12-6-3-1-2-4-6/h5-6H,1-4,10H2,(H,12,13). The van der Waals surface area contributed by atoms with Crippen LogP contribution in [0.3, 0.4) is 0 Å². The van der Waals surface area contributed by atoms with Crippen LogP contribution in [0, 0.1) is 0 Å². The highest BCUT2D eigenvalue weighted by Gasteiger charge is 2.20. The Balaban J connectivity index is 1.98. The van der Waals surface area contributed by atoms with Crippen LogP contribution in [0.2, 0.25) is 0 Å². The molecule has 14 heavy (non-hydrogen) atoms. The number of aromatic nitrogens is 1. The van der Waals surface area contributed by atoms with Gasteiger partial charge in [-0.3, -0.25) is 4.79 Å². The topological polar surface area (TPSA) is 68.0 Å². The Bertz CT molecular complexity index is 331. The number of carbonyl (C=O) groups excluding carboxylic acids is 1. The zero-order chi connectivity index (χ0) is 9.97. The molecular weight excluding hydrogens is 198 g/mol. The second kappa shape index (κ2) is 3.96. The molecule has 5 heteroatoms. The van der Waals surface area contributed by atoms with Crippen molar-refractivity contribution >= 4 is 23.1 Å². The summed E-state index contributed by atoms with van der Waals surface area (Å²) >= 11 is 1.15. The molecule has 1 aliphatic carbocycles. The van der Waals surface area contributed by atoms with Crippen LogP contribution in [0.15, 0.2) is 6.20 Å². The zero-order valence-electron chi connectivity index (χ0n) is 7.82. The lowest BCUT2D eigenvalue weighted by atomic mass is 10.2. The predicted molar refractivity (Wildman–Crippen MR) is 56.2 cm³/mol. The Morgan fingerprint density at radius 1 is 1.57 bits per heavy atom. The Hall–Kier alpha value is -1.10. The number of hydrogen-bond acceptors (Lipinski definition) is 4. The fraction of sp³-hybridized carbons (Fsp3) is 0.556. The van der Waals surface area contributed by atoms with Gasteiger partial charge < -0.3 is 11.1 Å². The molecule has 0 radical (unpaired) electrons. The number of nitrogens with one attached hydrogen (secondary N) is 1. The Kier molecular flexibility index (Phi) is 2.67. The molecule has 1 aromatic rings. The molecule has 1 amide bonds. The summed E-state index contributed by atoms with van der Waals surface area (Å²) in [6.07, 6.45) is 6.12. The van der Waals surface area contributed by atoms with E-state index >= 15 is 0 Å². The van der Waals surface area contributed by atoms with Crippen molar-refractivity contribution in [1.29, 1.82) is 0 Å². The lowest BCUT2D eigenvalue weighted by Gasteiger charge is -2.10. The Morgan fingerprint density at radius 3 is 2.86 bits per heavy atom. The van der Waals surface area contributed by atoms with E-state index in [2.05, 4.69) is 9.69 Å². The van der Waals surface area contributed by atoms with Crippen molar-refractivity contribution < 1.29 is 4.79 Å². The van der Waals surface area contributed by atoms with Crippen LogP contribution >= 0.6 is 11.5 Å². The first-order valence-electron chi connectivity index (χ1n) is 4.78. The van der Waals surface area contributed by atoms with E-state index in [4.69, 9.17) is 5.73 Å². The van der Waals surface area contributed by atoms with Crippen molar-refractivity contribution in [3.63, 3.8) is 0 Å². The van der Waals surface area contributed by atoms with E-state index in [1.807, 2.05) is 0 Å². The number of nitrogen functional groups attached to an aromatic ring is 1. The van der Waals surface area contributed by atoms with Gasteiger partial charge in [-0.25, -0.2) is 0 Å². The van der Waals surface area contributed by atoms with Gasteiger partial charge in [0.15, 0.2) is 0 Å². The number of anilines is 1. The second-order valence-electron chi connectivity index (χ2n) is 3.57. The summed E-state index contributed by atoms with van der Waals surface area (Å²) in [5.74, 6) is -0.0723. The number of hydrogen-bond donors (Lipinski definition) is 2. The molecule has 0 aromatic carbocycles. The zero-order valence-corrected chi connectivity index (χ0v) is 8.64. The van der Waals surface area contributed by atoms with Gasteiger partial charge >= 0.3 is 0 Å². The van der Waals surface area contributed by atoms with Gasteiger partial charge in [-0.05, 0) is 24.4 Å². The van der Waals surface area contributed by atoms with E-state index in [1.54, 1.807) is 0 Å². The van der Waals surface area contributed by atoms with Crippen LogP contribution in [0.5, 0.6) is 0 Å². The Morgan fingerprint density at radius 2 is 2.29 bits per heavy atom. The van der Waals surface area contributed by atoms with Crippen LogP contribution < -0.4 is 11.1 Å². The molecule has 76 valence electrons. The average Bonchev–Trinajstić information content (AvgIpc) is 2.75. The molecule has 2 rings (SSSR count). The second-order valence-corrected chi connectivity index (χ2v) is 4.37. The van der Waals surface area contributed by atoms with Gasteiger partial charge in [0, 0.05) is 6.04 Å². The van der Waals surface area contributed by atoms with E-state index in [0.29, 0.717) is 16.6 Å². The maximum absolute atomic E-state index is 11.7. The van der Waals surface area contributed by atoms with Gasteiger partial charge in [0.05, 0.1) is 11.9 Å². The molecular formula is C9H13N3OS. The highest BCUT2D eigenvalue weighted by molar-refractivity contribution is 7.08. The largest absolute Gasteiger partial charge is 0.396 e. The summed E-state index contributed by atoms with van der Waals surface area (Å²) in [7, 11) is 0. The number of rotatable bonds is 2. The molecule has 1 saturated carbocycles. The monoisotopic (exact) mass is 211 g/mol. The van der Waals surface area contributed by atoms with Gasteiger partial charge in [-0.2, -0.15) is 4.37 Å². The lowest BCUT2D eigenvalue weighted by molar-refractivity contribution is 0.0943. The first-order valence-corrected chi connectivity index (χ1v) is 5.55. The highest BCUT2D eigenvalue weighted by atomic mass is 32.1. The minimum Gasteiger partial charge on any atom is -0.396 e. The molecule has 1 fully saturated rings. The van der Waals surface area contributed by atoms with Gasteiger partial charge in [0.2, 0.25) is 0 Å². The van der Waals surface area contributed by atoms with E-state index in [0.717, 1.165) is 24.4 Å². The summed E-state index contributed by atoms with van der Waals surface area (Å²) in [6, 6.07) is 0.337.